The first-order valence-electron chi connectivity index (χ1n) is 6.68. The van der Waals surface area contributed by atoms with Crippen LogP contribution < -0.4 is 0 Å². The van der Waals surface area contributed by atoms with Gasteiger partial charge in [-0.25, -0.2) is 0 Å². The number of aliphatic carboxylic acids is 1. The van der Waals surface area contributed by atoms with Crippen molar-refractivity contribution < 1.29 is 14.7 Å². The number of carboxylic acid groups (broad SMARTS) is 1. The smallest absolute Gasteiger partial charge is 0.308 e. The molecule has 0 saturated heterocycles. The van der Waals surface area contributed by atoms with E-state index in [1.165, 1.54) is 5.56 Å². The number of carbonyl (C=O) groups is 2. The average Bonchev–Trinajstić information content (AvgIpc) is 2.45. The number of carboxylic acids is 1. The van der Waals surface area contributed by atoms with Gasteiger partial charge in [-0.2, -0.15) is 0 Å². The van der Waals surface area contributed by atoms with Crippen LogP contribution in [0.4, 0.5) is 0 Å². The van der Waals surface area contributed by atoms with E-state index >= 15 is 0 Å². The molecule has 1 aromatic carbocycles. The van der Waals surface area contributed by atoms with Gasteiger partial charge in [-0.05, 0) is 23.3 Å². The van der Waals surface area contributed by atoms with E-state index in [9.17, 15) is 9.59 Å². The Bertz CT molecular complexity index is 518. The Morgan fingerprint density at radius 2 is 2.15 bits per heavy atom. The van der Waals surface area contributed by atoms with Crippen LogP contribution in [0.5, 0.6) is 0 Å². The average molecular weight is 293 g/mol. The lowest BCUT2D eigenvalue weighted by molar-refractivity contribution is -0.142. The molecule has 0 aromatic heterocycles. The molecule has 1 aromatic rings. The van der Waals surface area contributed by atoms with Crippen LogP contribution in [0.25, 0.3) is 0 Å². The minimum atomic E-state index is -0.874. The Kier molecular flexibility index (Phi) is 4.70. The summed E-state index contributed by atoms with van der Waals surface area (Å²) in [4.78, 5) is 25.0. The zero-order valence-electron chi connectivity index (χ0n) is 11.7. The molecule has 0 saturated carbocycles. The molecule has 1 heterocycles. The minimum Gasteiger partial charge on any atom is -0.481 e. The van der Waals surface area contributed by atoms with Gasteiger partial charge in [0.05, 0.1) is 5.92 Å². The van der Waals surface area contributed by atoms with Crippen molar-refractivity contribution in [3.63, 3.8) is 0 Å². The second-order valence-electron chi connectivity index (χ2n) is 5.16. The maximum absolute atomic E-state index is 12.5. The molecule has 4 nitrogen and oxygen atoms in total. The molecule has 5 heteroatoms. The number of likely N-dealkylation sites (N-methyl/N-ethyl adjacent to an activating group) is 1. The number of hydrogen-bond acceptors (Lipinski definition) is 3. The van der Waals surface area contributed by atoms with Crippen LogP contribution in [0.2, 0.25) is 0 Å². The van der Waals surface area contributed by atoms with Crippen LogP contribution in [-0.2, 0) is 16.0 Å². The zero-order chi connectivity index (χ0) is 14.7. The lowest BCUT2D eigenvalue weighted by Gasteiger charge is -2.29. The molecule has 1 amide bonds. The molecule has 0 unspecified atom stereocenters. The minimum absolute atomic E-state index is 0.00440. The summed E-state index contributed by atoms with van der Waals surface area (Å²) in [6, 6.07) is 8.01. The first-order valence-corrected chi connectivity index (χ1v) is 7.72. The quantitative estimate of drug-likeness (QED) is 0.924. The summed E-state index contributed by atoms with van der Waals surface area (Å²) in [7, 11) is 1.68. The molecule has 2 atom stereocenters. The standard InChI is InChI=1S/C15H19NO3S/c1-10(15(18)19)9-16(2)14(17)13-12-6-4-3-5-11(12)7-8-20-13/h3-6,10,13H,7-9H2,1-2H3,(H,18,19)/t10-,13-/m0/s1. The lowest BCUT2D eigenvalue weighted by Crippen LogP contribution is -2.37. The number of thioether (sulfide) groups is 1. The molecule has 0 aliphatic carbocycles. The summed E-state index contributed by atoms with van der Waals surface area (Å²) in [6.45, 7) is 1.86. The fourth-order valence-corrected chi connectivity index (χ4v) is 3.68. The van der Waals surface area contributed by atoms with Gasteiger partial charge in [0.1, 0.15) is 5.25 Å². The van der Waals surface area contributed by atoms with Crippen molar-refractivity contribution >= 4 is 23.6 Å². The van der Waals surface area contributed by atoms with Gasteiger partial charge in [0.25, 0.3) is 0 Å². The second kappa shape index (κ2) is 6.31. The topological polar surface area (TPSA) is 57.6 Å². The highest BCUT2D eigenvalue weighted by atomic mass is 32.2. The van der Waals surface area contributed by atoms with Crippen molar-refractivity contribution in [3.05, 3.63) is 35.4 Å². The molecule has 1 aliphatic rings. The molecule has 2 rings (SSSR count). The predicted molar refractivity (Wildman–Crippen MR) is 79.8 cm³/mol. The van der Waals surface area contributed by atoms with Gasteiger partial charge in [-0.15, -0.1) is 11.8 Å². The number of amides is 1. The summed E-state index contributed by atoms with van der Waals surface area (Å²) >= 11 is 1.64. The molecule has 1 aliphatic heterocycles. The van der Waals surface area contributed by atoms with Crippen molar-refractivity contribution in [2.45, 2.75) is 18.6 Å². The van der Waals surface area contributed by atoms with Crippen LogP contribution in [0.3, 0.4) is 0 Å². The van der Waals surface area contributed by atoms with E-state index in [0.29, 0.717) is 0 Å². The Balaban J connectivity index is 2.12. The first kappa shape index (κ1) is 14.9. The SMILES string of the molecule is C[C@@H](CN(C)C(=O)[C@H]1SCCc2ccccc21)C(=O)O. The zero-order valence-corrected chi connectivity index (χ0v) is 12.5. The van der Waals surface area contributed by atoms with E-state index < -0.39 is 11.9 Å². The Morgan fingerprint density at radius 3 is 2.85 bits per heavy atom. The second-order valence-corrected chi connectivity index (χ2v) is 6.37. The molecular weight excluding hydrogens is 274 g/mol. The monoisotopic (exact) mass is 293 g/mol. The number of nitrogens with zero attached hydrogens (tertiary/aromatic N) is 1. The number of aryl methyl sites for hydroxylation is 1. The van der Waals surface area contributed by atoms with Crippen molar-refractivity contribution in [3.8, 4) is 0 Å². The van der Waals surface area contributed by atoms with Gasteiger partial charge in [-0.1, -0.05) is 31.2 Å². The third-order valence-corrected chi connectivity index (χ3v) is 4.79. The number of carbonyl (C=O) groups excluding carboxylic acids is 1. The molecule has 1 N–H and O–H groups in total. The molecule has 108 valence electrons. The van der Waals surface area contributed by atoms with Gasteiger partial charge in [0.2, 0.25) is 5.91 Å². The maximum atomic E-state index is 12.5. The lowest BCUT2D eigenvalue weighted by atomic mass is 10.0. The highest BCUT2D eigenvalue weighted by Gasteiger charge is 2.30. The van der Waals surface area contributed by atoms with Crippen LogP contribution >= 0.6 is 11.8 Å². The summed E-state index contributed by atoms with van der Waals surface area (Å²) < 4.78 is 0. The highest BCUT2D eigenvalue weighted by Crippen LogP contribution is 2.37. The third kappa shape index (κ3) is 3.15. The third-order valence-electron chi connectivity index (χ3n) is 3.56. The van der Waals surface area contributed by atoms with Gasteiger partial charge < -0.3 is 10.0 Å². The van der Waals surface area contributed by atoms with Gasteiger partial charge in [0, 0.05) is 13.6 Å². The largest absolute Gasteiger partial charge is 0.481 e. The van der Waals surface area contributed by atoms with Crippen molar-refractivity contribution in [2.75, 3.05) is 19.3 Å². The summed E-state index contributed by atoms with van der Waals surface area (Å²) in [5.74, 6) is -0.500. The molecule has 20 heavy (non-hydrogen) atoms. The van der Waals surface area contributed by atoms with E-state index in [1.807, 2.05) is 18.2 Å². The summed E-state index contributed by atoms with van der Waals surface area (Å²) in [6.07, 6.45) is 0.986. The molecule has 0 radical (unpaired) electrons. The maximum Gasteiger partial charge on any atom is 0.308 e. The summed E-state index contributed by atoms with van der Waals surface area (Å²) in [5.41, 5.74) is 2.30. The Hall–Kier alpha value is -1.49. The number of fused-ring (bicyclic) bond motifs is 1. The number of benzene rings is 1. The van der Waals surface area contributed by atoms with E-state index in [1.54, 1.807) is 30.6 Å². The molecular formula is C15H19NO3S. The molecule has 0 bridgehead atoms. The fourth-order valence-electron chi connectivity index (χ4n) is 2.38. The van der Waals surface area contributed by atoms with Gasteiger partial charge >= 0.3 is 5.97 Å². The number of hydrogen-bond donors (Lipinski definition) is 1. The first-order chi connectivity index (χ1) is 9.50. The summed E-state index contributed by atoms with van der Waals surface area (Å²) in [5, 5.41) is 8.73. The normalized spacial score (nSPS) is 19.0. The van der Waals surface area contributed by atoms with Crippen LogP contribution in [-0.4, -0.2) is 41.2 Å². The van der Waals surface area contributed by atoms with Gasteiger partial charge in [0.15, 0.2) is 0 Å². The van der Waals surface area contributed by atoms with E-state index in [4.69, 9.17) is 5.11 Å². The predicted octanol–water partition coefficient (Wildman–Crippen LogP) is 2.20. The molecule has 0 spiro atoms. The van der Waals surface area contributed by atoms with Crippen molar-refractivity contribution in [1.82, 2.24) is 4.90 Å². The van der Waals surface area contributed by atoms with Crippen LogP contribution in [0.15, 0.2) is 24.3 Å². The van der Waals surface area contributed by atoms with Crippen LogP contribution in [0.1, 0.15) is 23.3 Å². The van der Waals surface area contributed by atoms with E-state index in [-0.39, 0.29) is 17.7 Å². The van der Waals surface area contributed by atoms with Crippen LogP contribution in [0, 0.1) is 5.92 Å². The number of rotatable bonds is 4. The van der Waals surface area contributed by atoms with Gasteiger partial charge in [-0.3, -0.25) is 9.59 Å². The van der Waals surface area contributed by atoms with E-state index in [2.05, 4.69) is 6.07 Å². The fraction of sp³-hybridized carbons (Fsp3) is 0.467. The van der Waals surface area contributed by atoms with Crippen molar-refractivity contribution in [1.29, 1.82) is 0 Å². The Labute approximate surface area is 123 Å². The Morgan fingerprint density at radius 1 is 1.45 bits per heavy atom. The van der Waals surface area contributed by atoms with E-state index in [0.717, 1.165) is 17.7 Å². The highest BCUT2D eigenvalue weighted by molar-refractivity contribution is 8.00. The van der Waals surface area contributed by atoms with Crippen molar-refractivity contribution in [2.24, 2.45) is 5.92 Å². The molecule has 0 fully saturated rings.